The Bertz CT molecular complexity index is 1110. The van der Waals surface area contributed by atoms with Crippen LogP contribution in [0.3, 0.4) is 0 Å². The van der Waals surface area contributed by atoms with Gasteiger partial charge in [-0.25, -0.2) is 0 Å². The minimum Gasteiger partial charge on any atom is -0.398 e. The van der Waals surface area contributed by atoms with Gasteiger partial charge in [-0.3, -0.25) is 9.69 Å². The Hall–Kier alpha value is -3.15. The molecule has 1 amide bonds. The van der Waals surface area contributed by atoms with Crippen molar-refractivity contribution < 1.29 is 31.1 Å². The lowest BCUT2D eigenvalue weighted by Crippen LogP contribution is -2.48. The lowest BCUT2D eigenvalue weighted by atomic mass is 10.0. The Kier molecular flexibility index (Phi) is 8.29. The summed E-state index contributed by atoms with van der Waals surface area (Å²) >= 11 is 0. The van der Waals surface area contributed by atoms with E-state index in [4.69, 9.17) is 5.73 Å². The van der Waals surface area contributed by atoms with E-state index in [1.165, 1.54) is 24.3 Å². The number of amides is 1. The first kappa shape index (κ1) is 27.9. The monoisotopic (exact) mass is 543 g/mol. The number of rotatable bonds is 6. The van der Waals surface area contributed by atoms with Gasteiger partial charge in [0, 0.05) is 75.3 Å². The molecule has 3 N–H and O–H groups in total. The summed E-state index contributed by atoms with van der Waals surface area (Å²) in [5.41, 5.74) is 4.50. The van der Waals surface area contributed by atoms with Crippen LogP contribution in [0.25, 0.3) is 0 Å². The number of likely N-dealkylation sites (tertiary alicyclic amines) is 1. The number of hydrogen-bond donors (Lipinski definition) is 2. The van der Waals surface area contributed by atoms with Gasteiger partial charge in [0.2, 0.25) is 5.91 Å². The van der Waals surface area contributed by atoms with Gasteiger partial charge < -0.3 is 20.9 Å². The molecule has 2 aliphatic rings. The van der Waals surface area contributed by atoms with Crippen LogP contribution in [0.1, 0.15) is 30.4 Å². The van der Waals surface area contributed by atoms with Crippen LogP contribution >= 0.6 is 0 Å². The van der Waals surface area contributed by atoms with Crippen LogP contribution in [-0.4, -0.2) is 67.6 Å². The summed E-state index contributed by atoms with van der Waals surface area (Å²) in [6.45, 7) is 4.05. The Morgan fingerprint density at radius 2 is 1.58 bits per heavy atom. The van der Waals surface area contributed by atoms with Gasteiger partial charge in [-0.2, -0.15) is 26.3 Å². The van der Waals surface area contributed by atoms with Crippen molar-refractivity contribution in [1.82, 2.24) is 9.80 Å². The van der Waals surface area contributed by atoms with Gasteiger partial charge in [-0.1, -0.05) is 6.07 Å². The number of nitrogens with zero attached hydrogens (tertiary/aromatic N) is 3. The number of anilines is 3. The van der Waals surface area contributed by atoms with E-state index in [9.17, 15) is 31.1 Å². The van der Waals surface area contributed by atoms with Crippen LogP contribution in [0.4, 0.5) is 43.4 Å². The number of nitrogens with two attached hydrogens (primary N) is 1. The number of alkyl halides is 6. The second-order valence-electron chi connectivity index (χ2n) is 9.73. The molecule has 0 aliphatic carbocycles. The largest absolute Gasteiger partial charge is 0.418 e. The van der Waals surface area contributed by atoms with Gasteiger partial charge in [0.25, 0.3) is 0 Å². The lowest BCUT2D eigenvalue weighted by Gasteiger charge is -2.37. The molecule has 2 saturated heterocycles. The van der Waals surface area contributed by atoms with Crippen molar-refractivity contribution in [2.45, 2.75) is 37.7 Å². The third-order valence-corrected chi connectivity index (χ3v) is 7.13. The fraction of sp³-hybridized carbons (Fsp3) is 0.500. The molecule has 0 unspecified atom stereocenters. The molecular formula is C26H31F6N5O. The number of nitrogens with one attached hydrogen (secondary N) is 1. The highest BCUT2D eigenvalue weighted by atomic mass is 19.4. The maximum absolute atomic E-state index is 13.1. The minimum atomic E-state index is -4.53. The highest BCUT2D eigenvalue weighted by Crippen LogP contribution is 2.35. The van der Waals surface area contributed by atoms with Crippen molar-refractivity contribution in [1.29, 1.82) is 0 Å². The van der Waals surface area contributed by atoms with Crippen LogP contribution in [-0.2, 0) is 17.1 Å². The molecular weight excluding hydrogens is 512 g/mol. The Balaban J connectivity index is 1.19. The zero-order chi connectivity index (χ0) is 27.5. The van der Waals surface area contributed by atoms with Crippen molar-refractivity contribution in [3.63, 3.8) is 0 Å². The van der Waals surface area contributed by atoms with Crippen LogP contribution in [0.2, 0.25) is 0 Å². The summed E-state index contributed by atoms with van der Waals surface area (Å²) in [6.07, 6.45) is -7.33. The Morgan fingerprint density at radius 1 is 0.895 bits per heavy atom. The van der Waals surface area contributed by atoms with Crippen LogP contribution in [0, 0.1) is 0 Å². The van der Waals surface area contributed by atoms with Crippen molar-refractivity contribution in [2.75, 3.05) is 61.8 Å². The average molecular weight is 544 g/mol. The second-order valence-corrected chi connectivity index (χ2v) is 9.73. The maximum Gasteiger partial charge on any atom is 0.418 e. The standard InChI is InChI=1S/C26H31F6N5O/c27-25(28,29)18-2-1-3-21(16-18)36-14-12-35(13-15-36)9-8-24(38)37-10-6-19(7-11-37)34-20-4-5-23(33)22(17-20)26(30,31)32/h1-5,16-17,19,34H,6-15,33H2. The van der Waals surface area contributed by atoms with Crippen molar-refractivity contribution >= 4 is 23.0 Å². The molecule has 0 saturated carbocycles. The molecule has 208 valence electrons. The van der Waals surface area contributed by atoms with E-state index in [1.54, 1.807) is 11.0 Å². The molecule has 4 rings (SSSR count). The first-order chi connectivity index (χ1) is 17.9. The van der Waals surface area contributed by atoms with E-state index >= 15 is 0 Å². The van der Waals surface area contributed by atoms with E-state index in [2.05, 4.69) is 10.2 Å². The molecule has 2 aliphatic heterocycles. The predicted octanol–water partition coefficient (Wildman–Crippen LogP) is 4.92. The van der Waals surface area contributed by atoms with E-state index in [0.29, 0.717) is 76.5 Å². The molecule has 38 heavy (non-hydrogen) atoms. The van der Waals surface area contributed by atoms with Gasteiger partial charge >= 0.3 is 12.4 Å². The zero-order valence-corrected chi connectivity index (χ0v) is 20.8. The first-order valence-corrected chi connectivity index (χ1v) is 12.6. The normalized spacial score (nSPS) is 18.1. The van der Waals surface area contributed by atoms with Gasteiger partial charge in [0.15, 0.2) is 0 Å². The molecule has 2 aromatic rings. The van der Waals surface area contributed by atoms with Crippen LogP contribution < -0.4 is 16.0 Å². The quantitative estimate of drug-likeness (QED) is 0.400. The number of piperidine rings is 1. The van der Waals surface area contributed by atoms with Gasteiger partial charge in [0.05, 0.1) is 11.1 Å². The second kappa shape index (κ2) is 11.3. The number of carbonyl (C=O) groups is 1. The smallest absolute Gasteiger partial charge is 0.398 e. The highest BCUT2D eigenvalue weighted by Gasteiger charge is 2.34. The predicted molar refractivity (Wildman–Crippen MR) is 134 cm³/mol. The average Bonchev–Trinajstić information content (AvgIpc) is 2.88. The van der Waals surface area contributed by atoms with E-state index in [-0.39, 0.29) is 17.6 Å². The topological polar surface area (TPSA) is 64.8 Å². The van der Waals surface area contributed by atoms with E-state index in [0.717, 1.165) is 12.1 Å². The fourth-order valence-electron chi connectivity index (χ4n) is 4.92. The number of benzene rings is 2. The summed E-state index contributed by atoms with van der Waals surface area (Å²) in [5.74, 6) is 0.0237. The van der Waals surface area contributed by atoms with Gasteiger partial charge in [-0.15, -0.1) is 0 Å². The number of piperazine rings is 1. The fourth-order valence-corrected chi connectivity index (χ4v) is 4.92. The first-order valence-electron chi connectivity index (χ1n) is 12.6. The van der Waals surface area contributed by atoms with Crippen molar-refractivity contribution in [3.05, 3.63) is 53.6 Å². The summed E-state index contributed by atoms with van der Waals surface area (Å²) in [6, 6.07) is 9.05. The van der Waals surface area contributed by atoms with Gasteiger partial charge in [0.1, 0.15) is 0 Å². The van der Waals surface area contributed by atoms with Crippen molar-refractivity contribution in [2.24, 2.45) is 0 Å². The molecule has 0 radical (unpaired) electrons. The molecule has 2 heterocycles. The Morgan fingerprint density at radius 3 is 2.21 bits per heavy atom. The zero-order valence-electron chi connectivity index (χ0n) is 20.8. The molecule has 2 fully saturated rings. The summed E-state index contributed by atoms with van der Waals surface area (Å²) in [5, 5.41) is 3.12. The molecule has 12 heteroatoms. The minimum absolute atomic E-state index is 0.0237. The summed E-state index contributed by atoms with van der Waals surface area (Å²) < 4.78 is 78.3. The number of halogens is 6. The van der Waals surface area contributed by atoms with Crippen LogP contribution in [0.5, 0.6) is 0 Å². The molecule has 0 aromatic heterocycles. The number of nitrogen functional groups attached to an aromatic ring is 1. The van der Waals surface area contributed by atoms with Crippen LogP contribution in [0.15, 0.2) is 42.5 Å². The number of hydrogen-bond acceptors (Lipinski definition) is 5. The van der Waals surface area contributed by atoms with E-state index < -0.39 is 23.5 Å². The third-order valence-electron chi connectivity index (χ3n) is 7.13. The Labute approximate surface area is 217 Å². The molecule has 0 bridgehead atoms. The summed E-state index contributed by atoms with van der Waals surface area (Å²) in [4.78, 5) is 18.6. The highest BCUT2D eigenvalue weighted by molar-refractivity contribution is 5.76. The third kappa shape index (κ3) is 7.03. The molecule has 2 aromatic carbocycles. The molecule has 6 nitrogen and oxygen atoms in total. The van der Waals surface area contributed by atoms with Crippen molar-refractivity contribution in [3.8, 4) is 0 Å². The van der Waals surface area contributed by atoms with E-state index in [1.807, 2.05) is 4.90 Å². The molecule has 0 atom stereocenters. The summed E-state index contributed by atoms with van der Waals surface area (Å²) in [7, 11) is 0. The number of carbonyl (C=O) groups excluding carboxylic acids is 1. The maximum atomic E-state index is 13.1. The lowest BCUT2D eigenvalue weighted by molar-refractivity contribution is -0.138. The SMILES string of the molecule is Nc1ccc(NC2CCN(C(=O)CCN3CCN(c4cccc(C(F)(F)F)c4)CC3)CC2)cc1C(F)(F)F. The van der Waals surface area contributed by atoms with Gasteiger partial charge in [-0.05, 0) is 49.2 Å². The molecule has 0 spiro atoms.